The molecule has 174 valence electrons. The summed E-state index contributed by atoms with van der Waals surface area (Å²) in [5.41, 5.74) is 1.40. The minimum atomic E-state index is 1.00. The van der Waals surface area contributed by atoms with Gasteiger partial charge in [0, 0.05) is 10.4 Å². The lowest BCUT2D eigenvalue weighted by atomic mass is 9.96. The molecule has 0 nitrogen and oxygen atoms in total. The van der Waals surface area contributed by atoms with Gasteiger partial charge in [-0.15, -0.1) is 0 Å². The van der Waals surface area contributed by atoms with Crippen LogP contribution in [-0.2, 0) is 6.42 Å². The topological polar surface area (TPSA) is 0 Å². The van der Waals surface area contributed by atoms with E-state index >= 15 is 0 Å². The lowest BCUT2D eigenvalue weighted by molar-refractivity contribution is 0.637. The SMILES string of the molecule is CCCCCCC/C=C/Cc1ccc2c(=C3SC=CS3)c3ccccc3c(=C3SC=CS3)c2c1. The molecule has 0 amide bonds. The summed E-state index contributed by atoms with van der Waals surface area (Å²) < 4.78 is 2.78. The second-order valence-corrected chi connectivity index (χ2v) is 12.8. The number of rotatable bonds is 8. The molecular formula is C30H30S4. The quantitative estimate of drug-likeness (QED) is 0.165. The van der Waals surface area contributed by atoms with Gasteiger partial charge in [-0.05, 0) is 68.0 Å². The molecule has 0 N–H and O–H groups in total. The molecular weight excluding hydrogens is 489 g/mol. The third kappa shape index (κ3) is 5.36. The Bertz CT molecular complexity index is 1370. The molecule has 34 heavy (non-hydrogen) atoms. The Morgan fingerprint density at radius 1 is 0.618 bits per heavy atom. The van der Waals surface area contributed by atoms with Gasteiger partial charge in [0.2, 0.25) is 0 Å². The number of allylic oxidation sites excluding steroid dienone is 2. The Hall–Kier alpha value is -1.46. The average molecular weight is 519 g/mol. The van der Waals surface area contributed by atoms with E-state index in [0.29, 0.717) is 0 Å². The highest BCUT2D eigenvalue weighted by Crippen LogP contribution is 2.41. The van der Waals surface area contributed by atoms with Crippen molar-refractivity contribution in [1.82, 2.24) is 0 Å². The minimum Gasteiger partial charge on any atom is -0.0895 e. The number of hydrogen-bond donors (Lipinski definition) is 0. The number of thioether (sulfide) groups is 4. The van der Waals surface area contributed by atoms with Crippen LogP contribution in [0, 0.1) is 0 Å². The molecule has 0 aliphatic carbocycles. The highest BCUT2D eigenvalue weighted by molar-refractivity contribution is 8.35. The molecule has 4 heteroatoms. The smallest absolute Gasteiger partial charge is 0.0571 e. The predicted octanol–water partition coefficient (Wildman–Crippen LogP) is 9.49. The van der Waals surface area contributed by atoms with Gasteiger partial charge in [0.05, 0.1) is 8.47 Å². The number of benzene rings is 3. The lowest BCUT2D eigenvalue weighted by Crippen LogP contribution is -2.17. The van der Waals surface area contributed by atoms with Crippen molar-refractivity contribution < 1.29 is 0 Å². The summed E-state index contributed by atoms with van der Waals surface area (Å²) in [5, 5.41) is 17.1. The van der Waals surface area contributed by atoms with Gasteiger partial charge in [-0.2, -0.15) is 0 Å². The Morgan fingerprint density at radius 2 is 1.21 bits per heavy atom. The van der Waals surface area contributed by atoms with Crippen molar-refractivity contribution in [2.24, 2.45) is 0 Å². The Labute approximate surface area is 220 Å². The van der Waals surface area contributed by atoms with Gasteiger partial charge >= 0.3 is 0 Å². The molecule has 2 heterocycles. The first-order valence-electron chi connectivity index (χ1n) is 12.2. The summed E-state index contributed by atoms with van der Waals surface area (Å²) in [6, 6.07) is 16.1. The van der Waals surface area contributed by atoms with Gasteiger partial charge in [-0.1, -0.05) is 134 Å². The van der Waals surface area contributed by atoms with Crippen LogP contribution in [0.3, 0.4) is 0 Å². The van der Waals surface area contributed by atoms with Gasteiger partial charge in [0.1, 0.15) is 0 Å². The maximum Gasteiger partial charge on any atom is 0.0571 e. The largest absolute Gasteiger partial charge is 0.0895 e. The summed E-state index contributed by atoms with van der Waals surface area (Å²) in [6.07, 6.45) is 13.7. The van der Waals surface area contributed by atoms with E-state index < -0.39 is 0 Å². The monoisotopic (exact) mass is 518 g/mol. The molecule has 0 saturated heterocycles. The third-order valence-electron chi connectivity index (χ3n) is 6.30. The van der Waals surface area contributed by atoms with Gasteiger partial charge < -0.3 is 0 Å². The first-order valence-corrected chi connectivity index (χ1v) is 15.7. The Morgan fingerprint density at radius 3 is 1.85 bits per heavy atom. The standard InChI is InChI=1S/C30H30S4/c1-2-3-4-5-6-7-8-9-12-22-15-16-25-26(21-22)28(30-33-19-20-34-30)24-14-11-10-13-23(24)27(25)29-31-17-18-32-29/h8-11,13-21H,2-7,12H2,1H3/b9-8+. The molecule has 0 fully saturated rings. The van der Waals surface area contributed by atoms with Crippen LogP contribution in [0.2, 0.25) is 0 Å². The highest BCUT2D eigenvalue weighted by atomic mass is 32.2. The van der Waals surface area contributed by atoms with E-state index in [1.807, 2.05) is 47.0 Å². The van der Waals surface area contributed by atoms with Crippen molar-refractivity contribution in [3.8, 4) is 0 Å². The summed E-state index contributed by atoms with van der Waals surface area (Å²) >= 11 is 7.42. The zero-order valence-electron chi connectivity index (χ0n) is 19.6. The normalized spacial score (nSPS) is 15.7. The summed E-state index contributed by atoms with van der Waals surface area (Å²) in [5.74, 6) is 0. The van der Waals surface area contributed by atoms with Crippen LogP contribution in [0.4, 0.5) is 0 Å². The van der Waals surface area contributed by atoms with Crippen LogP contribution >= 0.6 is 47.0 Å². The van der Waals surface area contributed by atoms with Gasteiger partial charge in [-0.25, -0.2) is 0 Å². The Balaban J connectivity index is 1.57. The average Bonchev–Trinajstić information content (AvgIpc) is 3.59. The van der Waals surface area contributed by atoms with Crippen LogP contribution in [0.1, 0.15) is 51.0 Å². The van der Waals surface area contributed by atoms with Crippen LogP contribution in [0.5, 0.6) is 0 Å². The molecule has 0 spiro atoms. The van der Waals surface area contributed by atoms with E-state index in [1.54, 1.807) is 0 Å². The van der Waals surface area contributed by atoms with E-state index in [1.165, 1.54) is 84.5 Å². The third-order valence-corrected chi connectivity index (χ3v) is 10.6. The molecule has 0 atom stereocenters. The molecule has 5 rings (SSSR count). The molecule has 0 bridgehead atoms. The van der Waals surface area contributed by atoms with Gasteiger partial charge in [0.15, 0.2) is 0 Å². The predicted molar refractivity (Wildman–Crippen MR) is 162 cm³/mol. The van der Waals surface area contributed by atoms with Crippen molar-refractivity contribution >= 4 is 77.1 Å². The fourth-order valence-electron chi connectivity index (χ4n) is 4.64. The van der Waals surface area contributed by atoms with Crippen LogP contribution in [0.15, 0.2) is 76.2 Å². The van der Waals surface area contributed by atoms with Gasteiger partial charge in [0.25, 0.3) is 0 Å². The van der Waals surface area contributed by atoms with Crippen LogP contribution in [-0.4, -0.2) is 0 Å². The fourth-order valence-corrected chi connectivity index (χ4v) is 8.49. The summed E-state index contributed by atoms with van der Waals surface area (Å²) in [6.45, 7) is 2.28. The molecule has 3 aromatic rings. The molecule has 2 aliphatic heterocycles. The molecule has 0 aromatic heterocycles. The van der Waals surface area contributed by atoms with Crippen LogP contribution < -0.4 is 10.4 Å². The van der Waals surface area contributed by atoms with Crippen LogP contribution in [0.25, 0.3) is 30.0 Å². The highest BCUT2D eigenvalue weighted by Gasteiger charge is 2.15. The zero-order valence-corrected chi connectivity index (χ0v) is 22.9. The zero-order chi connectivity index (χ0) is 23.2. The summed E-state index contributed by atoms with van der Waals surface area (Å²) in [4.78, 5) is 0. The van der Waals surface area contributed by atoms with E-state index in [9.17, 15) is 0 Å². The van der Waals surface area contributed by atoms with Crippen molar-refractivity contribution in [1.29, 1.82) is 0 Å². The van der Waals surface area contributed by atoms with E-state index in [2.05, 4.69) is 83.2 Å². The first-order chi connectivity index (χ1) is 16.9. The van der Waals surface area contributed by atoms with E-state index in [0.717, 1.165) is 6.42 Å². The second-order valence-electron chi connectivity index (χ2n) is 8.64. The lowest BCUT2D eigenvalue weighted by Gasteiger charge is -2.12. The first kappa shape index (κ1) is 24.2. The van der Waals surface area contributed by atoms with E-state index in [4.69, 9.17) is 0 Å². The number of hydrogen-bond acceptors (Lipinski definition) is 4. The summed E-state index contributed by atoms with van der Waals surface area (Å²) in [7, 11) is 0. The molecule has 0 saturated carbocycles. The van der Waals surface area contributed by atoms with Crippen molar-refractivity contribution in [3.63, 3.8) is 0 Å². The second kappa shape index (κ2) is 12.0. The van der Waals surface area contributed by atoms with E-state index in [-0.39, 0.29) is 0 Å². The van der Waals surface area contributed by atoms with Crippen molar-refractivity contribution in [2.45, 2.75) is 51.9 Å². The fraction of sp³-hybridized carbons (Fsp3) is 0.267. The molecule has 0 unspecified atom stereocenters. The maximum absolute atomic E-state index is 2.46. The molecule has 3 aromatic carbocycles. The Kier molecular flexibility index (Phi) is 8.55. The van der Waals surface area contributed by atoms with Crippen molar-refractivity contribution in [2.75, 3.05) is 0 Å². The molecule has 0 radical (unpaired) electrons. The van der Waals surface area contributed by atoms with Gasteiger partial charge in [-0.3, -0.25) is 0 Å². The van der Waals surface area contributed by atoms with Crippen molar-refractivity contribution in [3.05, 3.63) is 92.2 Å². The minimum absolute atomic E-state index is 1.00. The number of fused-ring (bicyclic) bond motifs is 2. The molecule has 2 aliphatic rings. The number of unbranched alkanes of at least 4 members (excludes halogenated alkanes) is 5. The maximum atomic E-state index is 2.46.